The predicted molar refractivity (Wildman–Crippen MR) is 88.8 cm³/mol. The molecule has 120 valence electrons. The van der Waals surface area contributed by atoms with E-state index in [4.69, 9.17) is 9.47 Å². The first-order valence-corrected chi connectivity index (χ1v) is 7.73. The highest BCUT2D eigenvalue weighted by Crippen LogP contribution is 2.26. The largest absolute Gasteiger partial charge is 0.490 e. The van der Waals surface area contributed by atoms with E-state index in [2.05, 4.69) is 4.98 Å². The van der Waals surface area contributed by atoms with Gasteiger partial charge in [-0.05, 0) is 31.2 Å². The van der Waals surface area contributed by atoms with Gasteiger partial charge in [0.05, 0.1) is 24.2 Å². The van der Waals surface area contributed by atoms with Gasteiger partial charge in [0.25, 0.3) is 0 Å². The standard InChI is InChI=1S/C18H20N2O3/c1-2-22-16-9-5-6-10-17(16)23-12-11-20-15-8-4-3-7-14(15)19-18(20)13-21/h3-10,21H,2,11-13H2,1H3. The maximum absolute atomic E-state index is 9.51. The van der Waals surface area contributed by atoms with Gasteiger partial charge in [-0.2, -0.15) is 0 Å². The molecule has 2 aromatic carbocycles. The van der Waals surface area contributed by atoms with E-state index in [1.54, 1.807) is 0 Å². The van der Waals surface area contributed by atoms with Crippen molar-refractivity contribution in [2.24, 2.45) is 0 Å². The molecular weight excluding hydrogens is 292 g/mol. The van der Waals surface area contributed by atoms with Gasteiger partial charge in [0, 0.05) is 0 Å². The van der Waals surface area contributed by atoms with Crippen LogP contribution in [0, 0.1) is 0 Å². The number of para-hydroxylation sites is 4. The molecule has 0 aliphatic heterocycles. The Bertz CT molecular complexity index is 783. The van der Waals surface area contributed by atoms with Crippen LogP contribution >= 0.6 is 0 Å². The van der Waals surface area contributed by atoms with Crippen molar-refractivity contribution in [1.29, 1.82) is 0 Å². The summed E-state index contributed by atoms with van der Waals surface area (Å²) in [6, 6.07) is 15.5. The number of fused-ring (bicyclic) bond motifs is 1. The topological polar surface area (TPSA) is 56.5 Å². The van der Waals surface area contributed by atoms with Gasteiger partial charge < -0.3 is 19.1 Å². The quantitative estimate of drug-likeness (QED) is 0.728. The molecule has 0 spiro atoms. The number of benzene rings is 2. The van der Waals surface area contributed by atoms with Crippen LogP contribution in [0.1, 0.15) is 12.7 Å². The van der Waals surface area contributed by atoms with Crippen molar-refractivity contribution >= 4 is 11.0 Å². The molecule has 0 aliphatic carbocycles. The molecule has 3 rings (SSSR count). The molecule has 0 radical (unpaired) electrons. The highest BCUT2D eigenvalue weighted by atomic mass is 16.5. The average molecular weight is 312 g/mol. The Morgan fingerprint density at radius 2 is 1.70 bits per heavy atom. The third-order valence-electron chi connectivity index (χ3n) is 3.60. The minimum Gasteiger partial charge on any atom is -0.490 e. The van der Waals surface area contributed by atoms with Crippen LogP contribution in [0.5, 0.6) is 11.5 Å². The van der Waals surface area contributed by atoms with Crippen LogP contribution in [0.4, 0.5) is 0 Å². The number of aromatic nitrogens is 2. The first-order valence-electron chi connectivity index (χ1n) is 7.73. The molecule has 0 saturated heterocycles. The first-order chi connectivity index (χ1) is 11.3. The second-order valence-electron chi connectivity index (χ2n) is 5.05. The lowest BCUT2D eigenvalue weighted by atomic mass is 10.3. The Labute approximate surface area is 135 Å². The number of nitrogens with zero attached hydrogens (tertiary/aromatic N) is 2. The Balaban J connectivity index is 1.74. The van der Waals surface area contributed by atoms with Gasteiger partial charge in [0.2, 0.25) is 0 Å². The maximum Gasteiger partial charge on any atom is 0.161 e. The molecule has 0 amide bonds. The SMILES string of the molecule is CCOc1ccccc1OCCn1c(CO)nc2ccccc21. The lowest BCUT2D eigenvalue weighted by Crippen LogP contribution is -2.11. The monoisotopic (exact) mass is 312 g/mol. The number of rotatable bonds is 7. The number of imidazole rings is 1. The smallest absolute Gasteiger partial charge is 0.161 e. The van der Waals surface area contributed by atoms with E-state index in [1.807, 2.05) is 60.0 Å². The average Bonchev–Trinajstić information content (AvgIpc) is 2.95. The van der Waals surface area contributed by atoms with Crippen LogP contribution < -0.4 is 9.47 Å². The number of hydrogen-bond donors (Lipinski definition) is 1. The van der Waals surface area contributed by atoms with Gasteiger partial charge >= 0.3 is 0 Å². The van der Waals surface area contributed by atoms with Crippen molar-refractivity contribution in [3.63, 3.8) is 0 Å². The van der Waals surface area contributed by atoms with Crippen LogP contribution in [0.25, 0.3) is 11.0 Å². The van der Waals surface area contributed by atoms with E-state index in [-0.39, 0.29) is 6.61 Å². The molecule has 1 N–H and O–H groups in total. The van der Waals surface area contributed by atoms with E-state index in [0.29, 0.717) is 25.6 Å². The van der Waals surface area contributed by atoms with Crippen molar-refractivity contribution < 1.29 is 14.6 Å². The molecule has 5 nitrogen and oxygen atoms in total. The summed E-state index contributed by atoms with van der Waals surface area (Å²) in [5, 5.41) is 9.51. The third kappa shape index (κ3) is 3.29. The van der Waals surface area contributed by atoms with E-state index in [0.717, 1.165) is 22.5 Å². The van der Waals surface area contributed by atoms with E-state index < -0.39 is 0 Å². The van der Waals surface area contributed by atoms with Crippen LogP contribution in [0.2, 0.25) is 0 Å². The summed E-state index contributed by atoms with van der Waals surface area (Å²) in [5.41, 5.74) is 1.88. The zero-order chi connectivity index (χ0) is 16.1. The molecule has 23 heavy (non-hydrogen) atoms. The summed E-state index contributed by atoms with van der Waals surface area (Å²) in [7, 11) is 0. The van der Waals surface area contributed by atoms with Crippen LogP contribution in [0.3, 0.4) is 0 Å². The number of aliphatic hydroxyl groups excluding tert-OH is 1. The first kappa shape index (κ1) is 15.4. The fraction of sp³-hybridized carbons (Fsp3) is 0.278. The highest BCUT2D eigenvalue weighted by Gasteiger charge is 2.10. The van der Waals surface area contributed by atoms with Gasteiger partial charge in [-0.1, -0.05) is 24.3 Å². The van der Waals surface area contributed by atoms with Crippen LogP contribution in [-0.2, 0) is 13.2 Å². The fourth-order valence-corrected chi connectivity index (χ4v) is 2.59. The summed E-state index contributed by atoms with van der Waals surface area (Å²) in [4.78, 5) is 4.44. The Morgan fingerprint density at radius 1 is 1.00 bits per heavy atom. The fourth-order valence-electron chi connectivity index (χ4n) is 2.59. The van der Waals surface area contributed by atoms with E-state index >= 15 is 0 Å². The van der Waals surface area contributed by atoms with Gasteiger partial charge in [0.1, 0.15) is 19.0 Å². The molecule has 0 aliphatic rings. The molecule has 0 bridgehead atoms. The molecule has 0 saturated carbocycles. The predicted octanol–water partition coefficient (Wildman–Crippen LogP) is 3.01. The summed E-state index contributed by atoms with van der Waals surface area (Å²) >= 11 is 0. The van der Waals surface area contributed by atoms with Crippen LogP contribution in [-0.4, -0.2) is 27.9 Å². The molecule has 1 heterocycles. The van der Waals surface area contributed by atoms with Crippen molar-refractivity contribution in [3.8, 4) is 11.5 Å². The van der Waals surface area contributed by atoms with E-state index in [9.17, 15) is 5.11 Å². The van der Waals surface area contributed by atoms with Crippen molar-refractivity contribution in [2.45, 2.75) is 20.1 Å². The van der Waals surface area contributed by atoms with Gasteiger partial charge in [-0.15, -0.1) is 0 Å². The summed E-state index contributed by atoms with van der Waals surface area (Å²) in [6.07, 6.45) is 0. The molecule has 0 unspecified atom stereocenters. The maximum atomic E-state index is 9.51. The second-order valence-corrected chi connectivity index (χ2v) is 5.05. The van der Waals surface area contributed by atoms with Gasteiger partial charge in [0.15, 0.2) is 11.5 Å². The van der Waals surface area contributed by atoms with Gasteiger partial charge in [-0.3, -0.25) is 0 Å². The molecule has 3 aromatic rings. The summed E-state index contributed by atoms with van der Waals surface area (Å²) in [6.45, 7) is 3.53. The van der Waals surface area contributed by atoms with Crippen molar-refractivity contribution in [1.82, 2.24) is 9.55 Å². The molecule has 0 atom stereocenters. The van der Waals surface area contributed by atoms with Crippen molar-refractivity contribution in [3.05, 3.63) is 54.4 Å². The lowest BCUT2D eigenvalue weighted by Gasteiger charge is -2.13. The highest BCUT2D eigenvalue weighted by molar-refractivity contribution is 5.75. The lowest BCUT2D eigenvalue weighted by molar-refractivity contribution is 0.248. The number of hydrogen-bond acceptors (Lipinski definition) is 4. The number of aliphatic hydroxyl groups is 1. The minimum atomic E-state index is -0.0930. The Morgan fingerprint density at radius 3 is 2.43 bits per heavy atom. The Hall–Kier alpha value is -2.53. The normalized spacial score (nSPS) is 10.9. The number of ether oxygens (including phenoxy) is 2. The zero-order valence-corrected chi connectivity index (χ0v) is 13.1. The van der Waals surface area contributed by atoms with Gasteiger partial charge in [-0.25, -0.2) is 4.98 Å². The zero-order valence-electron chi connectivity index (χ0n) is 13.1. The van der Waals surface area contributed by atoms with Crippen molar-refractivity contribution in [2.75, 3.05) is 13.2 Å². The molecule has 1 aromatic heterocycles. The second kappa shape index (κ2) is 7.15. The molecule has 5 heteroatoms. The minimum absolute atomic E-state index is 0.0930. The molecule has 0 fully saturated rings. The Kier molecular flexibility index (Phi) is 4.78. The van der Waals surface area contributed by atoms with E-state index in [1.165, 1.54) is 0 Å². The molecular formula is C18H20N2O3. The summed E-state index contributed by atoms with van der Waals surface area (Å²) in [5.74, 6) is 2.12. The van der Waals surface area contributed by atoms with Crippen LogP contribution in [0.15, 0.2) is 48.5 Å². The third-order valence-corrected chi connectivity index (χ3v) is 3.60. The summed E-state index contributed by atoms with van der Waals surface area (Å²) < 4.78 is 13.4.